The molecule has 1 N–H and O–H groups in total. The van der Waals surface area contributed by atoms with E-state index in [0.29, 0.717) is 6.04 Å². The first-order chi connectivity index (χ1) is 9.74. The number of rotatable bonds is 5. The van der Waals surface area contributed by atoms with E-state index >= 15 is 0 Å². The van der Waals surface area contributed by atoms with Gasteiger partial charge in [0.1, 0.15) is 5.75 Å². The van der Waals surface area contributed by atoms with Crippen molar-refractivity contribution in [1.29, 1.82) is 0 Å². The van der Waals surface area contributed by atoms with Gasteiger partial charge in [-0.25, -0.2) is 0 Å². The minimum Gasteiger partial charge on any atom is -0.491 e. The lowest BCUT2D eigenvalue weighted by Gasteiger charge is -2.35. The molecule has 1 heterocycles. The summed E-state index contributed by atoms with van der Waals surface area (Å²) in [5.74, 6) is 1.85. The van der Waals surface area contributed by atoms with Crippen molar-refractivity contribution in [3.8, 4) is 5.75 Å². The van der Waals surface area contributed by atoms with Crippen molar-refractivity contribution < 1.29 is 4.74 Å². The summed E-state index contributed by atoms with van der Waals surface area (Å²) in [6, 6.07) is 9.41. The van der Waals surface area contributed by atoms with E-state index in [1.165, 1.54) is 31.5 Å². The largest absolute Gasteiger partial charge is 0.491 e. The summed E-state index contributed by atoms with van der Waals surface area (Å²) in [6.07, 6.45) is 3.02. The van der Waals surface area contributed by atoms with Crippen LogP contribution in [0.1, 0.15) is 38.3 Å². The van der Waals surface area contributed by atoms with Gasteiger partial charge >= 0.3 is 0 Å². The Labute approximate surface area is 146 Å². The highest BCUT2D eigenvalue weighted by Crippen LogP contribution is 2.44. The summed E-state index contributed by atoms with van der Waals surface area (Å²) in [5, 5.41) is 3.45. The Morgan fingerprint density at radius 3 is 2.14 bits per heavy atom. The number of halogens is 2. The number of hydrogen-bond acceptors (Lipinski definition) is 3. The molecule has 1 aromatic carbocycles. The number of piperazine rings is 1. The Balaban J connectivity index is 0.00000121. The van der Waals surface area contributed by atoms with Gasteiger partial charge in [0.25, 0.3) is 0 Å². The van der Waals surface area contributed by atoms with Crippen LogP contribution in [0.5, 0.6) is 5.75 Å². The molecule has 2 fully saturated rings. The molecule has 0 amide bonds. The van der Waals surface area contributed by atoms with E-state index in [1.54, 1.807) is 0 Å². The summed E-state index contributed by atoms with van der Waals surface area (Å²) in [7, 11) is 0. The van der Waals surface area contributed by atoms with Crippen molar-refractivity contribution in [3.05, 3.63) is 29.8 Å². The van der Waals surface area contributed by atoms with Crippen LogP contribution in [-0.4, -0.2) is 37.2 Å². The van der Waals surface area contributed by atoms with Crippen molar-refractivity contribution in [2.75, 3.05) is 26.2 Å². The first-order valence-corrected chi connectivity index (χ1v) is 7.95. The number of hydrogen-bond donors (Lipinski definition) is 1. The summed E-state index contributed by atoms with van der Waals surface area (Å²) >= 11 is 0. The highest BCUT2D eigenvalue weighted by molar-refractivity contribution is 5.85. The Morgan fingerprint density at radius 2 is 1.64 bits per heavy atom. The molecule has 3 rings (SSSR count). The molecule has 1 aliphatic carbocycles. The fraction of sp³-hybridized carbons (Fsp3) is 0.647. The number of nitrogens with one attached hydrogen (secondary N) is 1. The number of benzene rings is 1. The molecule has 3 nitrogen and oxygen atoms in total. The molecule has 1 atom stereocenters. The van der Waals surface area contributed by atoms with E-state index in [0.717, 1.165) is 24.8 Å². The SMILES string of the molecule is CC(C)Oc1ccc([C@@H](C2CC2)N2CCNCC2)cc1.Cl.Cl. The third-order valence-electron chi connectivity index (χ3n) is 4.21. The van der Waals surface area contributed by atoms with Gasteiger partial charge in [-0.05, 0) is 50.3 Å². The molecule has 22 heavy (non-hydrogen) atoms. The molecule has 1 saturated heterocycles. The van der Waals surface area contributed by atoms with Crippen LogP contribution >= 0.6 is 24.8 Å². The lowest BCUT2D eigenvalue weighted by Crippen LogP contribution is -2.45. The molecule has 1 aliphatic heterocycles. The fourth-order valence-electron chi connectivity index (χ4n) is 3.17. The normalized spacial score (nSPS) is 20.0. The molecule has 0 aromatic heterocycles. The topological polar surface area (TPSA) is 24.5 Å². The first kappa shape index (κ1) is 19.6. The highest BCUT2D eigenvalue weighted by atomic mass is 35.5. The van der Waals surface area contributed by atoms with Gasteiger partial charge in [0, 0.05) is 32.2 Å². The quantitative estimate of drug-likeness (QED) is 0.880. The maximum Gasteiger partial charge on any atom is 0.119 e. The third kappa shape index (κ3) is 5.02. The van der Waals surface area contributed by atoms with Crippen LogP contribution in [-0.2, 0) is 0 Å². The van der Waals surface area contributed by atoms with Crippen LogP contribution in [0.4, 0.5) is 0 Å². The van der Waals surface area contributed by atoms with Gasteiger partial charge in [0.05, 0.1) is 6.10 Å². The molecular formula is C17H28Cl2N2O. The molecule has 0 spiro atoms. The van der Waals surface area contributed by atoms with Crippen LogP contribution < -0.4 is 10.1 Å². The lowest BCUT2D eigenvalue weighted by molar-refractivity contribution is 0.156. The number of ether oxygens (including phenoxy) is 1. The summed E-state index contributed by atoms with van der Waals surface area (Å²) in [5.41, 5.74) is 1.46. The standard InChI is InChI=1S/C17H26N2O.2ClH/c1-13(2)20-16-7-5-15(6-8-16)17(14-3-4-14)19-11-9-18-10-12-19;;/h5-8,13-14,17-18H,3-4,9-12H2,1-2H3;2*1H/t17-;;/m1../s1. The predicted molar refractivity (Wildman–Crippen MR) is 96.6 cm³/mol. The third-order valence-corrected chi connectivity index (χ3v) is 4.21. The van der Waals surface area contributed by atoms with Crippen molar-refractivity contribution >= 4 is 24.8 Å². The van der Waals surface area contributed by atoms with Crippen molar-refractivity contribution in [2.24, 2.45) is 5.92 Å². The molecule has 0 radical (unpaired) electrons. The smallest absolute Gasteiger partial charge is 0.119 e. The molecule has 2 aliphatic rings. The van der Waals surface area contributed by atoms with Gasteiger partial charge in [-0.1, -0.05) is 12.1 Å². The van der Waals surface area contributed by atoms with E-state index < -0.39 is 0 Å². The van der Waals surface area contributed by atoms with Gasteiger partial charge in [-0.15, -0.1) is 24.8 Å². The van der Waals surface area contributed by atoms with E-state index in [-0.39, 0.29) is 30.9 Å². The Bertz CT molecular complexity index is 429. The molecule has 126 valence electrons. The average Bonchev–Trinajstić information content (AvgIpc) is 3.26. The zero-order valence-corrected chi connectivity index (χ0v) is 15.1. The van der Waals surface area contributed by atoms with Crippen molar-refractivity contribution in [1.82, 2.24) is 10.2 Å². The minimum atomic E-state index is 0. The maximum atomic E-state index is 5.75. The fourth-order valence-corrected chi connectivity index (χ4v) is 3.17. The van der Waals surface area contributed by atoms with Crippen LogP contribution in [0, 0.1) is 5.92 Å². The Morgan fingerprint density at radius 1 is 1.05 bits per heavy atom. The lowest BCUT2D eigenvalue weighted by atomic mass is 9.99. The minimum absolute atomic E-state index is 0. The second-order valence-corrected chi connectivity index (χ2v) is 6.30. The van der Waals surface area contributed by atoms with Crippen molar-refractivity contribution in [2.45, 2.75) is 38.8 Å². The zero-order chi connectivity index (χ0) is 13.9. The summed E-state index contributed by atoms with van der Waals surface area (Å²) in [6.45, 7) is 8.73. The molecule has 0 unspecified atom stereocenters. The average molecular weight is 347 g/mol. The first-order valence-electron chi connectivity index (χ1n) is 7.95. The summed E-state index contributed by atoms with van der Waals surface area (Å²) in [4.78, 5) is 2.66. The maximum absolute atomic E-state index is 5.75. The van der Waals surface area contributed by atoms with Gasteiger partial charge in [0.15, 0.2) is 0 Å². The van der Waals surface area contributed by atoms with E-state index in [9.17, 15) is 0 Å². The summed E-state index contributed by atoms with van der Waals surface area (Å²) < 4.78 is 5.75. The molecule has 0 bridgehead atoms. The van der Waals surface area contributed by atoms with Gasteiger partial charge in [0.2, 0.25) is 0 Å². The van der Waals surface area contributed by atoms with Crippen LogP contribution in [0.3, 0.4) is 0 Å². The molecular weight excluding hydrogens is 319 g/mol. The zero-order valence-electron chi connectivity index (χ0n) is 13.5. The Kier molecular flexibility index (Phi) is 7.98. The predicted octanol–water partition coefficient (Wildman–Crippen LogP) is 3.67. The number of nitrogens with zero attached hydrogens (tertiary/aromatic N) is 1. The highest BCUT2D eigenvalue weighted by Gasteiger charge is 2.36. The van der Waals surface area contributed by atoms with E-state index in [2.05, 4.69) is 48.3 Å². The second-order valence-electron chi connectivity index (χ2n) is 6.30. The van der Waals surface area contributed by atoms with Gasteiger partial charge < -0.3 is 10.1 Å². The second kappa shape index (κ2) is 8.97. The van der Waals surface area contributed by atoms with Crippen LogP contribution in [0.15, 0.2) is 24.3 Å². The van der Waals surface area contributed by atoms with Crippen LogP contribution in [0.2, 0.25) is 0 Å². The van der Waals surface area contributed by atoms with E-state index in [4.69, 9.17) is 4.74 Å². The van der Waals surface area contributed by atoms with Gasteiger partial charge in [-0.2, -0.15) is 0 Å². The van der Waals surface area contributed by atoms with Crippen LogP contribution in [0.25, 0.3) is 0 Å². The molecule has 1 aromatic rings. The monoisotopic (exact) mass is 346 g/mol. The molecule has 5 heteroatoms. The Hall–Kier alpha value is -0.480. The van der Waals surface area contributed by atoms with E-state index in [1.807, 2.05) is 0 Å². The van der Waals surface area contributed by atoms with Crippen molar-refractivity contribution in [3.63, 3.8) is 0 Å². The molecule has 1 saturated carbocycles. The van der Waals surface area contributed by atoms with Gasteiger partial charge in [-0.3, -0.25) is 4.90 Å².